The van der Waals surface area contributed by atoms with Crippen LogP contribution >= 0.6 is 0 Å². The molecule has 3 fully saturated rings. The van der Waals surface area contributed by atoms with Crippen molar-refractivity contribution in [1.29, 1.82) is 0 Å². The number of nitrogens with zero attached hydrogens (tertiary/aromatic N) is 1. The number of carbonyl (C=O) groups excluding carboxylic acids is 1. The molecule has 0 unspecified atom stereocenters. The van der Waals surface area contributed by atoms with Gasteiger partial charge in [-0.15, -0.1) is 0 Å². The smallest absolute Gasteiger partial charge is 0.222 e. The lowest BCUT2D eigenvalue weighted by Gasteiger charge is -2.66. The summed E-state index contributed by atoms with van der Waals surface area (Å²) in [5.74, 6) is 1.35. The van der Waals surface area contributed by atoms with Gasteiger partial charge in [0.2, 0.25) is 5.91 Å². The van der Waals surface area contributed by atoms with Crippen molar-refractivity contribution in [3.05, 3.63) is 29.3 Å². The molecule has 1 aromatic rings. The van der Waals surface area contributed by atoms with E-state index in [-0.39, 0.29) is 41.0 Å². The highest BCUT2D eigenvalue weighted by atomic mass is 16.3. The highest BCUT2D eigenvalue weighted by Crippen LogP contribution is 2.59. The molecular weight excluding hydrogens is 376 g/mol. The zero-order valence-corrected chi connectivity index (χ0v) is 18.5. The summed E-state index contributed by atoms with van der Waals surface area (Å²) >= 11 is 0. The molecule has 1 aliphatic heterocycles. The number of benzene rings is 1. The molecule has 0 radical (unpaired) electrons. The third kappa shape index (κ3) is 3.00. The fourth-order valence-corrected chi connectivity index (χ4v) is 6.73. The predicted molar refractivity (Wildman–Crippen MR) is 116 cm³/mol. The van der Waals surface area contributed by atoms with Gasteiger partial charge in [-0.05, 0) is 80.2 Å². The summed E-state index contributed by atoms with van der Waals surface area (Å²) in [6, 6.07) is 5.83. The molecule has 1 amide bonds. The molecular formula is C25H36N2O3. The molecule has 30 heavy (non-hydrogen) atoms. The molecule has 1 aromatic carbocycles. The van der Waals surface area contributed by atoms with E-state index in [1.54, 1.807) is 6.07 Å². The number of phenols is 1. The van der Waals surface area contributed by atoms with Gasteiger partial charge in [-0.25, -0.2) is 0 Å². The molecule has 5 rings (SSSR count). The Balaban J connectivity index is 1.56. The Hall–Kier alpha value is -1.59. The summed E-state index contributed by atoms with van der Waals surface area (Å²) in [5, 5.41) is 26.0. The topological polar surface area (TPSA) is 72.8 Å². The van der Waals surface area contributed by atoms with E-state index < -0.39 is 5.60 Å². The molecule has 5 heteroatoms. The molecule has 5 atom stereocenters. The number of amides is 1. The average Bonchev–Trinajstić information content (AvgIpc) is 3.50. The molecule has 1 saturated heterocycles. The summed E-state index contributed by atoms with van der Waals surface area (Å²) in [5.41, 5.74) is 1.19. The molecule has 4 aliphatic rings. The lowest BCUT2D eigenvalue weighted by molar-refractivity contribution is -0.181. The second kappa shape index (κ2) is 6.96. The van der Waals surface area contributed by atoms with Crippen LogP contribution in [-0.2, 0) is 16.6 Å². The van der Waals surface area contributed by atoms with Crippen LogP contribution in [0.4, 0.5) is 0 Å². The number of fused-ring (bicyclic) bond motifs is 1. The Labute approximate surface area is 179 Å². The predicted octanol–water partition coefficient (Wildman–Crippen LogP) is 2.97. The summed E-state index contributed by atoms with van der Waals surface area (Å²) in [7, 11) is 0. The van der Waals surface area contributed by atoms with E-state index in [9.17, 15) is 15.0 Å². The Morgan fingerprint density at radius 3 is 2.77 bits per heavy atom. The van der Waals surface area contributed by atoms with E-state index in [4.69, 9.17) is 0 Å². The zero-order chi connectivity index (χ0) is 21.3. The van der Waals surface area contributed by atoms with E-state index in [0.29, 0.717) is 6.42 Å². The molecule has 2 saturated carbocycles. The SMILES string of the molecule is CC(C)C(=O)N[C@H]1C[C@@]2(O)[C@H]3Cc4ccc(O)cc4[C@@]2(CCN3CC2CC2)C[C@H]1C. The lowest BCUT2D eigenvalue weighted by atomic mass is 9.47. The minimum Gasteiger partial charge on any atom is -0.508 e. The van der Waals surface area contributed by atoms with E-state index >= 15 is 0 Å². The van der Waals surface area contributed by atoms with Crippen LogP contribution in [0.3, 0.4) is 0 Å². The Kier molecular flexibility index (Phi) is 4.71. The highest BCUT2D eigenvalue weighted by molar-refractivity contribution is 5.78. The normalized spacial score (nSPS) is 38.1. The molecule has 0 spiro atoms. The number of hydrogen-bond acceptors (Lipinski definition) is 4. The van der Waals surface area contributed by atoms with Gasteiger partial charge in [0.05, 0.1) is 5.60 Å². The number of piperidine rings is 1. The number of nitrogens with one attached hydrogen (secondary N) is 1. The number of aromatic hydroxyl groups is 1. The summed E-state index contributed by atoms with van der Waals surface area (Å²) in [6.07, 6.45) is 5.78. The summed E-state index contributed by atoms with van der Waals surface area (Å²) < 4.78 is 0. The number of hydrogen-bond donors (Lipinski definition) is 3. The van der Waals surface area contributed by atoms with Crippen LogP contribution in [0.25, 0.3) is 0 Å². The number of phenolic OH excluding ortho intramolecular Hbond substituents is 1. The average molecular weight is 413 g/mol. The maximum absolute atomic E-state index is 12.5. The minimum atomic E-state index is -0.887. The first kappa shape index (κ1) is 20.3. The largest absolute Gasteiger partial charge is 0.508 e. The first-order chi connectivity index (χ1) is 14.2. The van der Waals surface area contributed by atoms with Gasteiger partial charge in [0.25, 0.3) is 0 Å². The zero-order valence-electron chi connectivity index (χ0n) is 18.5. The van der Waals surface area contributed by atoms with Crippen molar-refractivity contribution in [2.45, 2.75) is 82.4 Å². The minimum absolute atomic E-state index is 0.0136. The lowest BCUT2D eigenvalue weighted by Crippen LogP contribution is -2.75. The van der Waals surface area contributed by atoms with Crippen molar-refractivity contribution in [3.63, 3.8) is 0 Å². The van der Waals surface area contributed by atoms with E-state index in [1.807, 2.05) is 19.9 Å². The van der Waals surface area contributed by atoms with E-state index in [1.165, 1.54) is 18.4 Å². The standard InChI is InChI=1S/C25H36N2O3/c1-15(2)23(29)26-21-13-25(30)22-10-18-6-7-19(28)11-20(18)24(25,12-16(21)3)8-9-27(22)14-17-4-5-17/h6-7,11,15-17,21-22,28,30H,4-5,8-10,12-14H2,1-3H3,(H,26,29)/t16-,21+,22-,24-,25-/m1/s1. The third-order valence-electron chi connectivity index (χ3n) is 8.60. The first-order valence-corrected chi connectivity index (χ1v) is 11.8. The van der Waals surface area contributed by atoms with Crippen LogP contribution in [0.15, 0.2) is 18.2 Å². The molecule has 2 bridgehead atoms. The molecule has 0 aromatic heterocycles. The van der Waals surface area contributed by atoms with Gasteiger partial charge in [0, 0.05) is 30.0 Å². The monoisotopic (exact) mass is 412 g/mol. The van der Waals surface area contributed by atoms with Crippen LogP contribution in [-0.4, -0.2) is 51.8 Å². The van der Waals surface area contributed by atoms with Crippen LogP contribution in [0.5, 0.6) is 5.75 Å². The van der Waals surface area contributed by atoms with Gasteiger partial charge in [0.15, 0.2) is 0 Å². The van der Waals surface area contributed by atoms with Gasteiger partial charge >= 0.3 is 0 Å². The highest BCUT2D eigenvalue weighted by Gasteiger charge is 2.66. The van der Waals surface area contributed by atoms with Gasteiger partial charge < -0.3 is 15.5 Å². The van der Waals surface area contributed by atoms with E-state index in [2.05, 4.69) is 23.2 Å². The van der Waals surface area contributed by atoms with Crippen molar-refractivity contribution in [1.82, 2.24) is 10.2 Å². The van der Waals surface area contributed by atoms with Crippen LogP contribution in [0, 0.1) is 17.8 Å². The van der Waals surface area contributed by atoms with Crippen LogP contribution in [0.2, 0.25) is 0 Å². The maximum Gasteiger partial charge on any atom is 0.222 e. The number of carbonyl (C=O) groups is 1. The van der Waals surface area contributed by atoms with Gasteiger partial charge in [-0.3, -0.25) is 9.69 Å². The second-order valence-corrected chi connectivity index (χ2v) is 10.9. The van der Waals surface area contributed by atoms with Crippen LogP contribution in [0.1, 0.15) is 64.0 Å². The van der Waals surface area contributed by atoms with E-state index in [0.717, 1.165) is 43.8 Å². The van der Waals surface area contributed by atoms with Gasteiger partial charge in [-0.2, -0.15) is 0 Å². The molecule has 3 aliphatic carbocycles. The Morgan fingerprint density at radius 1 is 1.30 bits per heavy atom. The number of rotatable bonds is 4. The third-order valence-corrected chi connectivity index (χ3v) is 8.60. The van der Waals surface area contributed by atoms with Gasteiger partial charge in [0.1, 0.15) is 5.75 Å². The Morgan fingerprint density at radius 2 is 2.07 bits per heavy atom. The van der Waals surface area contributed by atoms with Gasteiger partial charge in [-0.1, -0.05) is 26.8 Å². The van der Waals surface area contributed by atoms with Crippen molar-refractivity contribution < 1.29 is 15.0 Å². The molecule has 164 valence electrons. The summed E-state index contributed by atoms with van der Waals surface area (Å²) in [4.78, 5) is 15.0. The van der Waals surface area contributed by atoms with Crippen LogP contribution < -0.4 is 5.32 Å². The summed E-state index contributed by atoms with van der Waals surface area (Å²) in [6.45, 7) is 8.14. The van der Waals surface area contributed by atoms with Crippen molar-refractivity contribution >= 4 is 5.91 Å². The number of likely N-dealkylation sites (tertiary alicyclic amines) is 1. The van der Waals surface area contributed by atoms with Crippen molar-refractivity contribution in [2.24, 2.45) is 17.8 Å². The fraction of sp³-hybridized carbons (Fsp3) is 0.720. The number of aliphatic hydroxyl groups is 1. The van der Waals surface area contributed by atoms with Crippen molar-refractivity contribution in [3.8, 4) is 5.75 Å². The fourth-order valence-electron chi connectivity index (χ4n) is 6.73. The first-order valence-electron chi connectivity index (χ1n) is 11.8. The molecule has 5 nitrogen and oxygen atoms in total. The molecule has 1 heterocycles. The van der Waals surface area contributed by atoms with Crippen molar-refractivity contribution in [2.75, 3.05) is 13.1 Å². The Bertz CT molecular complexity index is 851. The maximum atomic E-state index is 12.5. The quantitative estimate of drug-likeness (QED) is 0.711. The second-order valence-electron chi connectivity index (χ2n) is 10.9. The molecule has 3 N–H and O–H groups in total.